The third kappa shape index (κ3) is 5.58. The highest BCUT2D eigenvalue weighted by Gasteiger charge is 2.26. The summed E-state index contributed by atoms with van der Waals surface area (Å²) in [5, 5.41) is 7.22. The maximum atomic E-state index is 5.54. The van der Waals surface area contributed by atoms with Crippen molar-refractivity contribution in [2.75, 3.05) is 52.4 Å². The Morgan fingerprint density at radius 3 is 2.14 bits per heavy atom. The second-order valence-corrected chi connectivity index (χ2v) is 7.07. The highest BCUT2D eigenvalue weighted by Crippen LogP contribution is 2.17. The van der Waals surface area contributed by atoms with Crippen LogP contribution in [0.25, 0.3) is 0 Å². The molecule has 0 saturated carbocycles. The summed E-state index contributed by atoms with van der Waals surface area (Å²) < 4.78 is 16.0. The quantitative estimate of drug-likeness (QED) is 0.613. The fraction of sp³-hybridized carbons (Fsp3) is 0.381. The van der Waals surface area contributed by atoms with Crippen molar-refractivity contribution in [3.63, 3.8) is 0 Å². The molecule has 0 radical (unpaired) electrons. The Bertz CT molecular complexity index is 746. The molecule has 1 heterocycles. The lowest BCUT2D eigenvalue weighted by Crippen LogP contribution is -3.15. The Labute approximate surface area is 171 Å². The average molecular weight is 403 g/mol. The molecule has 3 rings (SSSR count). The zero-order valence-corrected chi connectivity index (χ0v) is 17.2. The number of rotatable bonds is 7. The fourth-order valence-electron chi connectivity index (χ4n) is 3.36. The van der Waals surface area contributed by atoms with Crippen molar-refractivity contribution in [3.05, 3.63) is 54.1 Å². The van der Waals surface area contributed by atoms with Crippen molar-refractivity contribution >= 4 is 23.0 Å². The zero-order valence-electron chi connectivity index (χ0n) is 16.4. The minimum absolute atomic E-state index is 0.283. The Kier molecular flexibility index (Phi) is 7.47. The summed E-state index contributed by atoms with van der Waals surface area (Å²) in [6.07, 6.45) is 0. The van der Waals surface area contributed by atoms with E-state index in [9.17, 15) is 0 Å². The van der Waals surface area contributed by atoms with Crippen LogP contribution in [0.3, 0.4) is 0 Å². The van der Waals surface area contributed by atoms with Gasteiger partial charge in [0.2, 0.25) is 0 Å². The largest absolute Gasteiger partial charge is 0.497 e. The summed E-state index contributed by atoms with van der Waals surface area (Å²) in [5.41, 5.74) is 2.19. The molecule has 28 heavy (non-hydrogen) atoms. The standard InChI is InChI=1S/C21H27N3O3S/c1-25-18-7-3-16(4-8-18)20(24-11-13-27-14-12-24)15-22-21(28)23-17-5-9-19(26-2)10-6-17/h3-10,20H,11-15H2,1-2H3,(H2,22,23,28)/p+1/t20-/m1/s1. The minimum atomic E-state index is 0.283. The smallest absolute Gasteiger partial charge is 0.171 e. The topological polar surface area (TPSA) is 56.2 Å². The van der Waals surface area contributed by atoms with Crippen molar-refractivity contribution in [2.24, 2.45) is 0 Å². The SMILES string of the molecule is COc1ccc(NC(=S)NC[C@H](c2ccc(OC)cc2)[NH+]2CCOCC2)cc1. The van der Waals surface area contributed by atoms with E-state index in [4.69, 9.17) is 26.4 Å². The van der Waals surface area contributed by atoms with E-state index in [0.29, 0.717) is 5.11 Å². The molecule has 2 aromatic rings. The van der Waals surface area contributed by atoms with Gasteiger partial charge in [0.15, 0.2) is 5.11 Å². The highest BCUT2D eigenvalue weighted by molar-refractivity contribution is 7.80. The first-order chi connectivity index (χ1) is 13.7. The summed E-state index contributed by atoms with van der Waals surface area (Å²) in [6, 6.07) is 16.3. The van der Waals surface area contributed by atoms with Crippen LogP contribution in [0.4, 0.5) is 5.69 Å². The van der Waals surface area contributed by atoms with E-state index < -0.39 is 0 Å². The van der Waals surface area contributed by atoms with Crippen molar-refractivity contribution in [2.45, 2.75) is 6.04 Å². The van der Waals surface area contributed by atoms with Gasteiger partial charge in [-0.15, -0.1) is 0 Å². The first-order valence-corrected chi connectivity index (χ1v) is 9.85. The zero-order chi connectivity index (χ0) is 19.8. The molecule has 1 aliphatic rings. The average Bonchev–Trinajstić information content (AvgIpc) is 2.75. The van der Waals surface area contributed by atoms with Crippen LogP contribution in [-0.4, -0.2) is 52.2 Å². The number of anilines is 1. The van der Waals surface area contributed by atoms with Crippen LogP contribution in [-0.2, 0) is 4.74 Å². The molecule has 1 fully saturated rings. The van der Waals surface area contributed by atoms with Gasteiger partial charge in [-0.05, 0) is 60.7 Å². The van der Waals surface area contributed by atoms with Gasteiger partial charge in [0.05, 0.1) is 34.0 Å². The van der Waals surface area contributed by atoms with Crippen LogP contribution >= 0.6 is 12.2 Å². The number of morpholine rings is 1. The lowest BCUT2D eigenvalue weighted by atomic mass is 10.0. The van der Waals surface area contributed by atoms with E-state index in [1.807, 2.05) is 36.4 Å². The van der Waals surface area contributed by atoms with E-state index >= 15 is 0 Å². The molecule has 0 aromatic heterocycles. The molecule has 2 aromatic carbocycles. The number of ether oxygens (including phenoxy) is 3. The van der Waals surface area contributed by atoms with Crippen LogP contribution in [0.15, 0.2) is 48.5 Å². The van der Waals surface area contributed by atoms with Gasteiger partial charge < -0.3 is 29.7 Å². The molecule has 150 valence electrons. The number of hydrogen-bond acceptors (Lipinski definition) is 4. The molecular weight excluding hydrogens is 374 g/mol. The first-order valence-electron chi connectivity index (χ1n) is 9.45. The number of methoxy groups -OCH3 is 2. The predicted molar refractivity (Wildman–Crippen MR) is 114 cm³/mol. The molecule has 6 nitrogen and oxygen atoms in total. The Morgan fingerprint density at radius 2 is 1.57 bits per heavy atom. The maximum Gasteiger partial charge on any atom is 0.171 e. The number of nitrogens with one attached hydrogen (secondary N) is 3. The lowest BCUT2D eigenvalue weighted by molar-refractivity contribution is -0.937. The third-order valence-corrected chi connectivity index (χ3v) is 5.21. The normalized spacial score (nSPS) is 15.5. The molecule has 3 N–H and O–H groups in total. The van der Waals surface area contributed by atoms with Gasteiger partial charge in [-0.3, -0.25) is 0 Å². The number of quaternary nitrogens is 1. The van der Waals surface area contributed by atoms with Gasteiger partial charge >= 0.3 is 0 Å². The van der Waals surface area contributed by atoms with Gasteiger partial charge in [0.1, 0.15) is 30.6 Å². The summed E-state index contributed by atoms with van der Waals surface area (Å²) >= 11 is 5.50. The molecule has 0 unspecified atom stereocenters. The van der Waals surface area contributed by atoms with E-state index in [1.165, 1.54) is 10.5 Å². The Morgan fingerprint density at radius 1 is 1.00 bits per heavy atom. The second kappa shape index (κ2) is 10.3. The maximum absolute atomic E-state index is 5.54. The van der Waals surface area contributed by atoms with Crippen LogP contribution in [0, 0.1) is 0 Å². The van der Waals surface area contributed by atoms with Crippen molar-refractivity contribution in [3.8, 4) is 11.5 Å². The van der Waals surface area contributed by atoms with Crippen molar-refractivity contribution in [1.82, 2.24) is 5.32 Å². The third-order valence-electron chi connectivity index (χ3n) is 4.96. The summed E-state index contributed by atoms with van der Waals surface area (Å²) in [5.74, 6) is 1.68. The Hall–Kier alpha value is -2.35. The second-order valence-electron chi connectivity index (χ2n) is 6.66. The summed E-state index contributed by atoms with van der Waals surface area (Å²) in [4.78, 5) is 1.50. The lowest BCUT2D eigenvalue weighted by Gasteiger charge is -2.32. The van der Waals surface area contributed by atoms with E-state index in [1.54, 1.807) is 14.2 Å². The van der Waals surface area contributed by atoms with Gasteiger partial charge in [0.25, 0.3) is 0 Å². The van der Waals surface area contributed by atoms with E-state index in [-0.39, 0.29) is 6.04 Å². The van der Waals surface area contributed by atoms with E-state index in [0.717, 1.165) is 50.0 Å². The van der Waals surface area contributed by atoms with Crippen LogP contribution in [0.5, 0.6) is 11.5 Å². The molecule has 1 atom stereocenters. The molecule has 1 saturated heterocycles. The van der Waals surface area contributed by atoms with Gasteiger partial charge in [-0.1, -0.05) is 0 Å². The van der Waals surface area contributed by atoms with Gasteiger partial charge in [-0.2, -0.15) is 0 Å². The van der Waals surface area contributed by atoms with Gasteiger partial charge in [-0.25, -0.2) is 0 Å². The monoisotopic (exact) mass is 402 g/mol. The summed E-state index contributed by atoms with van der Waals surface area (Å²) in [6.45, 7) is 4.28. The predicted octanol–water partition coefficient (Wildman–Crippen LogP) is 1.65. The van der Waals surface area contributed by atoms with Crippen LogP contribution in [0.1, 0.15) is 11.6 Å². The van der Waals surface area contributed by atoms with E-state index in [2.05, 4.69) is 22.8 Å². The molecule has 0 amide bonds. The Balaban J connectivity index is 1.63. The van der Waals surface area contributed by atoms with Crippen molar-refractivity contribution < 1.29 is 19.1 Å². The molecule has 0 bridgehead atoms. The van der Waals surface area contributed by atoms with Crippen LogP contribution in [0.2, 0.25) is 0 Å². The first kappa shape index (κ1) is 20.4. The molecule has 7 heteroatoms. The molecule has 0 spiro atoms. The minimum Gasteiger partial charge on any atom is -0.497 e. The highest BCUT2D eigenvalue weighted by atomic mass is 32.1. The fourth-order valence-corrected chi connectivity index (χ4v) is 3.56. The number of benzene rings is 2. The molecular formula is C21H28N3O3S+. The molecule has 1 aliphatic heterocycles. The van der Waals surface area contributed by atoms with Crippen molar-refractivity contribution in [1.29, 1.82) is 0 Å². The molecule has 0 aliphatic carbocycles. The number of hydrogen-bond donors (Lipinski definition) is 3. The number of thiocarbonyl (C=S) groups is 1. The summed E-state index contributed by atoms with van der Waals surface area (Å²) in [7, 11) is 3.34. The van der Waals surface area contributed by atoms with Gasteiger partial charge in [0, 0.05) is 11.3 Å². The van der Waals surface area contributed by atoms with Crippen LogP contribution < -0.4 is 25.0 Å².